The molecule has 0 N–H and O–H groups in total. The van der Waals surface area contributed by atoms with Crippen molar-refractivity contribution < 1.29 is 18.7 Å². The van der Waals surface area contributed by atoms with E-state index in [0.29, 0.717) is 25.4 Å². The van der Waals surface area contributed by atoms with Gasteiger partial charge in [-0.15, -0.1) is 0 Å². The summed E-state index contributed by atoms with van der Waals surface area (Å²) in [6.07, 6.45) is 2.75. The number of carbonyl (C=O) groups is 1. The van der Waals surface area contributed by atoms with Crippen molar-refractivity contribution in [1.82, 2.24) is 0 Å². The summed E-state index contributed by atoms with van der Waals surface area (Å²) in [5.74, 6) is -0.497. The van der Waals surface area contributed by atoms with E-state index in [0.717, 1.165) is 12.8 Å². The van der Waals surface area contributed by atoms with Crippen LogP contribution in [-0.4, -0.2) is 32.8 Å². The van der Waals surface area contributed by atoms with Crippen LogP contribution in [0, 0.1) is 5.92 Å². The molecule has 2 heterocycles. The summed E-state index contributed by atoms with van der Waals surface area (Å²) in [6.45, 7) is 9.68. The Kier molecular flexibility index (Phi) is 6.12. The average molecular weight is 439 g/mol. The fraction of sp³-hybridized carbons (Fsp3) is 0.500. The Bertz CT molecular complexity index is 853. The van der Waals surface area contributed by atoms with E-state index in [2.05, 4.69) is 88.4 Å². The molecule has 2 aliphatic heterocycles. The second-order valence-electron chi connectivity index (χ2n) is 10.0. The first-order valence-corrected chi connectivity index (χ1v) is 13.3. The quantitative estimate of drug-likeness (QED) is 0.495. The zero-order valence-electron chi connectivity index (χ0n) is 19.1. The summed E-state index contributed by atoms with van der Waals surface area (Å²) >= 11 is 0. The summed E-state index contributed by atoms with van der Waals surface area (Å²) in [7, 11) is -2.54. The molecule has 0 aromatic heterocycles. The van der Waals surface area contributed by atoms with Crippen LogP contribution in [0.1, 0.15) is 53.4 Å². The second-order valence-corrected chi connectivity index (χ2v) is 14.3. The molecule has 31 heavy (non-hydrogen) atoms. The molecule has 2 fully saturated rings. The Balaban J connectivity index is 1.57. The Labute approximate surface area is 187 Å². The zero-order valence-corrected chi connectivity index (χ0v) is 20.1. The lowest BCUT2D eigenvalue weighted by Crippen LogP contribution is -2.66. The SMILES string of the molecule is C[C@H]1CC2(CCC(=O)O2)O[C@H]1CCO[Si](c1ccccc1)(c1ccccc1)C(C)(C)C. The Morgan fingerprint density at radius 1 is 1.03 bits per heavy atom. The van der Waals surface area contributed by atoms with Gasteiger partial charge < -0.3 is 13.9 Å². The monoisotopic (exact) mass is 438 g/mol. The van der Waals surface area contributed by atoms with Crippen LogP contribution in [0.4, 0.5) is 0 Å². The molecule has 2 aromatic carbocycles. The molecule has 166 valence electrons. The highest BCUT2D eigenvalue weighted by atomic mass is 28.4. The summed E-state index contributed by atoms with van der Waals surface area (Å²) < 4.78 is 18.9. The largest absolute Gasteiger partial charge is 0.433 e. The number of hydrogen-bond acceptors (Lipinski definition) is 4. The molecule has 0 saturated carbocycles. The minimum Gasteiger partial charge on any atom is -0.433 e. The van der Waals surface area contributed by atoms with Crippen LogP contribution in [-0.2, 0) is 18.7 Å². The molecule has 1 spiro atoms. The van der Waals surface area contributed by atoms with E-state index in [1.165, 1.54) is 10.4 Å². The molecule has 0 radical (unpaired) electrons. The number of rotatable bonds is 6. The van der Waals surface area contributed by atoms with Gasteiger partial charge >= 0.3 is 5.97 Å². The molecule has 2 aliphatic rings. The molecule has 4 nitrogen and oxygen atoms in total. The minimum atomic E-state index is -2.54. The summed E-state index contributed by atoms with van der Waals surface area (Å²) in [4.78, 5) is 11.7. The van der Waals surface area contributed by atoms with E-state index in [4.69, 9.17) is 13.9 Å². The Hall–Kier alpha value is -1.95. The van der Waals surface area contributed by atoms with Gasteiger partial charge in [0.05, 0.1) is 12.5 Å². The third kappa shape index (κ3) is 4.23. The van der Waals surface area contributed by atoms with Crippen molar-refractivity contribution in [2.75, 3.05) is 6.61 Å². The topological polar surface area (TPSA) is 44.8 Å². The molecule has 5 heteroatoms. The number of esters is 1. The fourth-order valence-electron chi connectivity index (χ4n) is 5.32. The van der Waals surface area contributed by atoms with Crippen LogP contribution in [0.5, 0.6) is 0 Å². The molecule has 4 rings (SSSR count). The smallest absolute Gasteiger partial charge is 0.308 e. The summed E-state index contributed by atoms with van der Waals surface area (Å²) in [5, 5.41) is 2.53. The lowest BCUT2D eigenvalue weighted by atomic mass is 9.97. The third-order valence-corrected chi connectivity index (χ3v) is 11.8. The highest BCUT2D eigenvalue weighted by Gasteiger charge is 2.52. The van der Waals surface area contributed by atoms with Crippen molar-refractivity contribution in [3.63, 3.8) is 0 Å². The van der Waals surface area contributed by atoms with Gasteiger partial charge in [-0.1, -0.05) is 88.4 Å². The summed E-state index contributed by atoms with van der Waals surface area (Å²) in [5.41, 5.74) is 0. The molecule has 0 amide bonds. The van der Waals surface area contributed by atoms with Crippen LogP contribution >= 0.6 is 0 Å². The lowest BCUT2D eigenvalue weighted by molar-refractivity contribution is -0.205. The van der Waals surface area contributed by atoms with E-state index < -0.39 is 14.1 Å². The Morgan fingerprint density at radius 2 is 1.61 bits per heavy atom. The van der Waals surface area contributed by atoms with Crippen molar-refractivity contribution in [3.8, 4) is 0 Å². The number of hydrogen-bond donors (Lipinski definition) is 0. The molecule has 2 aromatic rings. The minimum absolute atomic E-state index is 0.0416. The van der Waals surface area contributed by atoms with Gasteiger partial charge in [0, 0.05) is 19.4 Å². The van der Waals surface area contributed by atoms with Crippen LogP contribution in [0.15, 0.2) is 60.7 Å². The van der Waals surface area contributed by atoms with E-state index in [1.807, 2.05) is 0 Å². The van der Waals surface area contributed by atoms with Gasteiger partial charge in [0.2, 0.25) is 5.79 Å². The average Bonchev–Trinajstić information content (AvgIpc) is 3.25. The first-order chi connectivity index (χ1) is 14.8. The van der Waals surface area contributed by atoms with Crippen molar-refractivity contribution in [2.24, 2.45) is 5.92 Å². The van der Waals surface area contributed by atoms with E-state index in [9.17, 15) is 4.79 Å². The van der Waals surface area contributed by atoms with Crippen LogP contribution in [0.25, 0.3) is 0 Å². The maximum Gasteiger partial charge on any atom is 0.308 e. The maximum absolute atomic E-state index is 11.7. The normalized spacial score (nSPS) is 26.4. The van der Waals surface area contributed by atoms with Crippen molar-refractivity contribution in [3.05, 3.63) is 60.7 Å². The van der Waals surface area contributed by atoms with Gasteiger partial charge in [0.15, 0.2) is 0 Å². The predicted molar refractivity (Wildman–Crippen MR) is 125 cm³/mol. The van der Waals surface area contributed by atoms with Crippen LogP contribution < -0.4 is 10.4 Å². The first kappa shape index (κ1) is 22.2. The molecule has 1 unspecified atom stereocenters. The van der Waals surface area contributed by atoms with E-state index in [-0.39, 0.29) is 17.1 Å². The molecule has 0 aliphatic carbocycles. The standard InChI is InChI=1S/C26H34O4Si/c1-20-19-26(17-15-24(27)30-26)29-23(20)16-18-28-31(25(2,3)4,21-11-7-5-8-12-21)22-13-9-6-10-14-22/h5-14,20,23H,15-19H2,1-4H3/t20-,23-,26?/m0/s1. The van der Waals surface area contributed by atoms with Gasteiger partial charge in [-0.25, -0.2) is 0 Å². The molecular weight excluding hydrogens is 404 g/mol. The van der Waals surface area contributed by atoms with Crippen LogP contribution in [0.2, 0.25) is 5.04 Å². The van der Waals surface area contributed by atoms with Gasteiger partial charge in [-0.2, -0.15) is 0 Å². The molecule has 0 bridgehead atoms. The molecular formula is C26H34O4Si. The van der Waals surface area contributed by atoms with E-state index in [1.54, 1.807) is 0 Å². The highest BCUT2D eigenvalue weighted by molar-refractivity contribution is 6.99. The predicted octanol–water partition coefficient (Wildman–Crippen LogP) is 4.41. The molecule has 2 saturated heterocycles. The second kappa shape index (κ2) is 8.53. The lowest BCUT2D eigenvalue weighted by Gasteiger charge is -2.43. The fourth-order valence-corrected chi connectivity index (χ4v) is 9.90. The van der Waals surface area contributed by atoms with Gasteiger partial charge in [0.25, 0.3) is 8.32 Å². The van der Waals surface area contributed by atoms with E-state index >= 15 is 0 Å². The van der Waals surface area contributed by atoms with Gasteiger partial charge in [0.1, 0.15) is 0 Å². The zero-order chi connectivity index (χ0) is 22.1. The van der Waals surface area contributed by atoms with Gasteiger partial charge in [-0.05, 0) is 27.8 Å². The molecule has 3 atom stereocenters. The van der Waals surface area contributed by atoms with Crippen molar-refractivity contribution in [1.29, 1.82) is 0 Å². The third-order valence-electron chi connectivity index (χ3n) is 6.78. The van der Waals surface area contributed by atoms with Crippen molar-refractivity contribution >= 4 is 24.7 Å². The van der Waals surface area contributed by atoms with Crippen molar-refractivity contribution in [2.45, 2.75) is 70.3 Å². The van der Waals surface area contributed by atoms with Crippen LogP contribution in [0.3, 0.4) is 0 Å². The summed E-state index contributed by atoms with van der Waals surface area (Å²) in [6, 6.07) is 21.4. The van der Waals surface area contributed by atoms with Gasteiger partial charge in [-0.3, -0.25) is 4.79 Å². The first-order valence-electron chi connectivity index (χ1n) is 11.4. The number of benzene rings is 2. The highest BCUT2D eigenvalue weighted by Crippen LogP contribution is 2.44. The maximum atomic E-state index is 11.7. The number of ether oxygens (including phenoxy) is 2. The number of carbonyl (C=O) groups excluding carboxylic acids is 1. The Morgan fingerprint density at radius 3 is 2.10 bits per heavy atom.